The molecule has 3 heterocycles. The van der Waals surface area contributed by atoms with Gasteiger partial charge in [-0.3, -0.25) is 4.79 Å². The van der Waals surface area contributed by atoms with E-state index in [2.05, 4.69) is 15.0 Å². The maximum atomic E-state index is 12.7. The molecule has 0 radical (unpaired) electrons. The Morgan fingerprint density at radius 1 is 1.08 bits per heavy atom. The van der Waals surface area contributed by atoms with Crippen LogP contribution in [0.1, 0.15) is 21.6 Å². The molecule has 1 aromatic carbocycles. The molecule has 6 nitrogen and oxygen atoms in total. The van der Waals surface area contributed by atoms with Crippen molar-refractivity contribution in [2.75, 3.05) is 0 Å². The van der Waals surface area contributed by atoms with Gasteiger partial charge >= 0.3 is 0 Å². The van der Waals surface area contributed by atoms with Crippen molar-refractivity contribution >= 4 is 5.91 Å². The number of rotatable bonds is 3. The average Bonchev–Trinajstić information content (AvgIpc) is 3.06. The van der Waals surface area contributed by atoms with Crippen LogP contribution in [0.25, 0.3) is 0 Å². The molecule has 118 valence electrons. The Balaban J connectivity index is 1.53. The SMILES string of the molecule is O=C(c1cccc(Oc2ccccn2)c1)N1Cc2cncnc2C1. The summed E-state index contributed by atoms with van der Waals surface area (Å²) in [7, 11) is 0. The first-order chi connectivity index (χ1) is 11.8. The van der Waals surface area contributed by atoms with E-state index in [1.54, 1.807) is 47.6 Å². The first-order valence-corrected chi connectivity index (χ1v) is 7.55. The molecule has 4 rings (SSSR count). The van der Waals surface area contributed by atoms with Crippen molar-refractivity contribution < 1.29 is 9.53 Å². The lowest BCUT2D eigenvalue weighted by Crippen LogP contribution is -2.25. The van der Waals surface area contributed by atoms with Crippen molar-refractivity contribution in [2.24, 2.45) is 0 Å². The van der Waals surface area contributed by atoms with E-state index in [0.717, 1.165) is 11.3 Å². The van der Waals surface area contributed by atoms with Gasteiger partial charge < -0.3 is 9.64 Å². The Labute approximate surface area is 138 Å². The topological polar surface area (TPSA) is 68.2 Å². The van der Waals surface area contributed by atoms with E-state index in [1.807, 2.05) is 12.1 Å². The molecular weight excluding hydrogens is 304 g/mol. The minimum absolute atomic E-state index is 0.0560. The number of aromatic nitrogens is 3. The van der Waals surface area contributed by atoms with Gasteiger partial charge in [0.05, 0.1) is 12.2 Å². The van der Waals surface area contributed by atoms with Crippen LogP contribution in [0.5, 0.6) is 11.6 Å². The second-order valence-electron chi connectivity index (χ2n) is 5.45. The van der Waals surface area contributed by atoms with E-state index < -0.39 is 0 Å². The predicted molar refractivity (Wildman–Crippen MR) is 86.4 cm³/mol. The number of fused-ring (bicyclic) bond motifs is 1. The van der Waals surface area contributed by atoms with Crippen LogP contribution in [-0.4, -0.2) is 25.8 Å². The number of nitrogens with zero attached hydrogens (tertiary/aromatic N) is 4. The summed E-state index contributed by atoms with van der Waals surface area (Å²) < 4.78 is 5.69. The summed E-state index contributed by atoms with van der Waals surface area (Å²) in [6, 6.07) is 12.5. The molecular formula is C18H14N4O2. The van der Waals surface area contributed by atoms with Gasteiger partial charge in [-0.2, -0.15) is 0 Å². The normalized spacial score (nSPS) is 12.8. The van der Waals surface area contributed by atoms with E-state index >= 15 is 0 Å². The predicted octanol–water partition coefficient (Wildman–Crippen LogP) is 2.82. The molecule has 0 saturated heterocycles. The summed E-state index contributed by atoms with van der Waals surface area (Å²) in [5, 5.41) is 0. The monoisotopic (exact) mass is 318 g/mol. The van der Waals surface area contributed by atoms with Gasteiger partial charge in [0, 0.05) is 36.1 Å². The number of carbonyl (C=O) groups is 1. The summed E-state index contributed by atoms with van der Waals surface area (Å²) >= 11 is 0. The molecule has 24 heavy (non-hydrogen) atoms. The average molecular weight is 318 g/mol. The quantitative estimate of drug-likeness (QED) is 0.743. The third kappa shape index (κ3) is 2.81. The van der Waals surface area contributed by atoms with Crippen LogP contribution in [-0.2, 0) is 13.1 Å². The third-order valence-corrected chi connectivity index (χ3v) is 3.81. The number of hydrogen-bond acceptors (Lipinski definition) is 5. The fourth-order valence-corrected chi connectivity index (χ4v) is 2.65. The van der Waals surface area contributed by atoms with E-state index in [1.165, 1.54) is 6.33 Å². The zero-order valence-corrected chi connectivity index (χ0v) is 12.8. The number of pyridine rings is 1. The van der Waals surface area contributed by atoms with Gasteiger partial charge in [-0.05, 0) is 24.3 Å². The minimum atomic E-state index is -0.0560. The lowest BCUT2D eigenvalue weighted by atomic mass is 10.2. The number of benzene rings is 1. The molecule has 0 N–H and O–H groups in total. The highest BCUT2D eigenvalue weighted by molar-refractivity contribution is 5.94. The van der Waals surface area contributed by atoms with E-state index in [4.69, 9.17) is 4.74 Å². The fraction of sp³-hybridized carbons (Fsp3) is 0.111. The molecule has 0 atom stereocenters. The van der Waals surface area contributed by atoms with Crippen molar-refractivity contribution in [3.05, 3.63) is 78.0 Å². The summed E-state index contributed by atoms with van der Waals surface area (Å²) in [5.41, 5.74) is 2.47. The second-order valence-corrected chi connectivity index (χ2v) is 5.45. The standard InChI is InChI=1S/C18H14N4O2/c23-18(22-10-14-9-19-12-21-16(14)11-22)13-4-3-5-15(8-13)24-17-6-1-2-7-20-17/h1-9,12H,10-11H2. The Morgan fingerprint density at radius 3 is 2.88 bits per heavy atom. The molecule has 0 saturated carbocycles. The van der Waals surface area contributed by atoms with Gasteiger partial charge in [0.1, 0.15) is 12.1 Å². The number of hydrogen-bond donors (Lipinski definition) is 0. The van der Waals surface area contributed by atoms with E-state index in [9.17, 15) is 4.79 Å². The molecule has 0 bridgehead atoms. The Kier molecular flexibility index (Phi) is 3.63. The van der Waals surface area contributed by atoms with Crippen LogP contribution < -0.4 is 4.74 Å². The maximum absolute atomic E-state index is 12.7. The zero-order chi connectivity index (χ0) is 16.4. The van der Waals surface area contributed by atoms with Crippen LogP contribution in [0.3, 0.4) is 0 Å². The molecule has 2 aromatic heterocycles. The molecule has 1 amide bonds. The smallest absolute Gasteiger partial charge is 0.254 e. The van der Waals surface area contributed by atoms with Crippen LogP contribution in [0.15, 0.2) is 61.2 Å². The molecule has 0 fully saturated rings. The van der Waals surface area contributed by atoms with E-state index in [-0.39, 0.29) is 5.91 Å². The van der Waals surface area contributed by atoms with Gasteiger partial charge in [0.2, 0.25) is 5.88 Å². The highest BCUT2D eigenvalue weighted by Crippen LogP contribution is 2.24. The van der Waals surface area contributed by atoms with Crippen LogP contribution in [0.4, 0.5) is 0 Å². The van der Waals surface area contributed by atoms with Crippen molar-refractivity contribution in [3.8, 4) is 11.6 Å². The first kappa shape index (κ1) is 14.3. The third-order valence-electron chi connectivity index (χ3n) is 3.81. The van der Waals surface area contributed by atoms with Crippen molar-refractivity contribution in [3.63, 3.8) is 0 Å². The maximum Gasteiger partial charge on any atom is 0.254 e. The highest BCUT2D eigenvalue weighted by Gasteiger charge is 2.25. The molecule has 0 spiro atoms. The number of amides is 1. The molecule has 3 aromatic rings. The van der Waals surface area contributed by atoms with Crippen LogP contribution >= 0.6 is 0 Å². The molecule has 1 aliphatic heterocycles. The van der Waals surface area contributed by atoms with Gasteiger partial charge in [-0.1, -0.05) is 12.1 Å². The Bertz CT molecular complexity index is 858. The van der Waals surface area contributed by atoms with Crippen LogP contribution in [0.2, 0.25) is 0 Å². The number of ether oxygens (including phenoxy) is 1. The summed E-state index contributed by atoms with van der Waals surface area (Å²) in [6.07, 6.45) is 4.93. The van der Waals surface area contributed by atoms with Gasteiger partial charge in [0.25, 0.3) is 5.91 Å². The first-order valence-electron chi connectivity index (χ1n) is 7.55. The molecule has 0 aliphatic carbocycles. The van der Waals surface area contributed by atoms with Crippen molar-refractivity contribution in [2.45, 2.75) is 13.1 Å². The lowest BCUT2D eigenvalue weighted by Gasteiger charge is -2.15. The van der Waals surface area contributed by atoms with Gasteiger partial charge in [0.15, 0.2) is 0 Å². The number of carbonyl (C=O) groups excluding carboxylic acids is 1. The summed E-state index contributed by atoms with van der Waals surface area (Å²) in [4.78, 5) is 26.8. The lowest BCUT2D eigenvalue weighted by molar-refractivity contribution is 0.0750. The fourth-order valence-electron chi connectivity index (χ4n) is 2.65. The zero-order valence-electron chi connectivity index (χ0n) is 12.8. The highest BCUT2D eigenvalue weighted by atomic mass is 16.5. The largest absolute Gasteiger partial charge is 0.439 e. The van der Waals surface area contributed by atoms with Gasteiger partial charge in [-0.15, -0.1) is 0 Å². The van der Waals surface area contributed by atoms with Crippen molar-refractivity contribution in [1.82, 2.24) is 19.9 Å². The molecule has 0 unspecified atom stereocenters. The van der Waals surface area contributed by atoms with Crippen LogP contribution in [0, 0.1) is 0 Å². The molecule has 6 heteroatoms. The Morgan fingerprint density at radius 2 is 2.04 bits per heavy atom. The second kappa shape index (κ2) is 6.08. The minimum Gasteiger partial charge on any atom is -0.439 e. The van der Waals surface area contributed by atoms with Gasteiger partial charge in [-0.25, -0.2) is 15.0 Å². The summed E-state index contributed by atoms with van der Waals surface area (Å²) in [5.74, 6) is 1.02. The van der Waals surface area contributed by atoms with E-state index in [0.29, 0.717) is 30.3 Å². The molecule has 1 aliphatic rings. The Hall–Kier alpha value is -3.28. The van der Waals surface area contributed by atoms with Crippen molar-refractivity contribution in [1.29, 1.82) is 0 Å². The summed E-state index contributed by atoms with van der Waals surface area (Å²) in [6.45, 7) is 1.03.